The van der Waals surface area contributed by atoms with E-state index in [1.165, 1.54) is 0 Å². The third-order valence-electron chi connectivity index (χ3n) is 2.23. The number of aromatic hydroxyl groups is 1. The van der Waals surface area contributed by atoms with E-state index in [1.54, 1.807) is 13.2 Å². The van der Waals surface area contributed by atoms with Crippen molar-refractivity contribution in [1.29, 1.82) is 0 Å². The molecule has 0 aromatic heterocycles. The zero-order valence-corrected chi connectivity index (χ0v) is 10.8. The van der Waals surface area contributed by atoms with Crippen LogP contribution in [-0.2, 0) is 11.4 Å². The number of benzene rings is 1. The number of hydrogen-bond acceptors (Lipinski definition) is 3. The molecule has 3 nitrogen and oxygen atoms in total. The van der Waals surface area contributed by atoms with Crippen molar-refractivity contribution in [3.05, 3.63) is 27.7 Å². The molecule has 4 heteroatoms. The molecule has 0 saturated heterocycles. The van der Waals surface area contributed by atoms with Crippen LogP contribution in [-0.4, -0.2) is 12.2 Å². The number of rotatable bonds is 4. The highest BCUT2D eigenvalue weighted by molar-refractivity contribution is 9.10. The number of halogens is 1. The van der Waals surface area contributed by atoms with E-state index in [9.17, 15) is 5.11 Å². The third kappa shape index (κ3) is 3.19. The van der Waals surface area contributed by atoms with Crippen LogP contribution in [0.3, 0.4) is 0 Å². The van der Waals surface area contributed by atoms with Crippen LogP contribution in [0.25, 0.3) is 0 Å². The van der Waals surface area contributed by atoms with Crippen LogP contribution in [0.1, 0.15) is 30.9 Å². The lowest BCUT2D eigenvalue weighted by molar-refractivity contribution is 0.0861. The molecule has 2 N–H and O–H groups in total. The average Bonchev–Trinajstić information content (AvgIpc) is 2.18. The summed E-state index contributed by atoms with van der Waals surface area (Å²) in [6.45, 7) is 4.67. The first-order valence-corrected chi connectivity index (χ1v) is 5.62. The quantitative estimate of drug-likeness (QED) is 0.829. The summed E-state index contributed by atoms with van der Waals surface area (Å²) in [6, 6.07) is 3.71. The Hall–Kier alpha value is -0.580. The van der Waals surface area contributed by atoms with Crippen molar-refractivity contribution in [2.45, 2.75) is 26.3 Å². The lowest BCUT2D eigenvalue weighted by atomic mass is 10.0. The summed E-state index contributed by atoms with van der Waals surface area (Å²) in [5, 5.41) is 9.77. The molecule has 0 bridgehead atoms. The van der Waals surface area contributed by atoms with Crippen molar-refractivity contribution >= 4 is 15.9 Å². The van der Waals surface area contributed by atoms with Gasteiger partial charge >= 0.3 is 0 Å². The Kier molecular flexibility index (Phi) is 4.57. The Bertz CT molecular complexity index is 340. The van der Waals surface area contributed by atoms with E-state index in [0.717, 1.165) is 15.6 Å². The van der Waals surface area contributed by atoms with Crippen LogP contribution in [0.15, 0.2) is 16.6 Å². The Morgan fingerprint density at radius 1 is 1.47 bits per heavy atom. The first-order chi connectivity index (χ1) is 7.06. The lowest BCUT2D eigenvalue weighted by Gasteiger charge is -2.12. The predicted octanol–water partition coefficient (Wildman–Crippen LogP) is 2.93. The van der Waals surface area contributed by atoms with E-state index in [4.69, 9.17) is 4.84 Å². The van der Waals surface area contributed by atoms with Gasteiger partial charge < -0.3 is 9.94 Å². The minimum atomic E-state index is 0.298. The highest BCUT2D eigenvalue weighted by atomic mass is 79.9. The molecule has 0 atom stereocenters. The summed E-state index contributed by atoms with van der Waals surface area (Å²) in [7, 11) is 1.55. The van der Waals surface area contributed by atoms with Gasteiger partial charge in [0.25, 0.3) is 0 Å². The smallest absolute Gasteiger partial charge is 0.120 e. The maximum absolute atomic E-state index is 9.77. The van der Waals surface area contributed by atoms with Crippen molar-refractivity contribution in [3.63, 3.8) is 0 Å². The largest absolute Gasteiger partial charge is 0.508 e. The van der Waals surface area contributed by atoms with Gasteiger partial charge in [-0.25, -0.2) is 0 Å². The molecule has 1 aromatic rings. The molecular formula is C11H16BrNO2. The summed E-state index contributed by atoms with van der Waals surface area (Å²) in [5.74, 6) is 0.682. The molecule has 84 valence electrons. The predicted molar refractivity (Wildman–Crippen MR) is 63.7 cm³/mol. The van der Waals surface area contributed by atoms with Crippen LogP contribution >= 0.6 is 15.9 Å². The Morgan fingerprint density at radius 3 is 2.67 bits per heavy atom. The Labute approximate surface area is 98.5 Å². The topological polar surface area (TPSA) is 41.5 Å². The van der Waals surface area contributed by atoms with Crippen LogP contribution in [0.5, 0.6) is 5.75 Å². The normalized spacial score (nSPS) is 11.0. The fourth-order valence-electron chi connectivity index (χ4n) is 1.35. The highest BCUT2D eigenvalue weighted by Crippen LogP contribution is 2.31. The molecule has 1 aromatic carbocycles. The highest BCUT2D eigenvalue weighted by Gasteiger charge is 2.09. The zero-order valence-electron chi connectivity index (χ0n) is 9.17. The first-order valence-electron chi connectivity index (χ1n) is 4.83. The van der Waals surface area contributed by atoms with Crippen molar-refractivity contribution in [3.8, 4) is 5.75 Å². The van der Waals surface area contributed by atoms with E-state index in [2.05, 4.69) is 35.3 Å². The number of nitrogens with one attached hydrogen (secondary N) is 1. The minimum Gasteiger partial charge on any atom is -0.508 e. The van der Waals surface area contributed by atoms with E-state index < -0.39 is 0 Å². The molecule has 0 spiro atoms. The van der Waals surface area contributed by atoms with E-state index >= 15 is 0 Å². The first kappa shape index (κ1) is 12.5. The van der Waals surface area contributed by atoms with Gasteiger partial charge in [0.2, 0.25) is 0 Å². The second-order valence-corrected chi connectivity index (χ2v) is 4.54. The summed E-state index contributed by atoms with van der Waals surface area (Å²) >= 11 is 3.49. The van der Waals surface area contributed by atoms with Gasteiger partial charge in [-0.3, -0.25) is 0 Å². The third-order valence-corrected chi connectivity index (χ3v) is 2.91. The van der Waals surface area contributed by atoms with Gasteiger partial charge in [-0.1, -0.05) is 29.8 Å². The second kappa shape index (κ2) is 5.49. The van der Waals surface area contributed by atoms with Crippen LogP contribution in [0.2, 0.25) is 0 Å². The van der Waals surface area contributed by atoms with Gasteiger partial charge in [-0.2, -0.15) is 5.48 Å². The molecule has 0 saturated carbocycles. The average molecular weight is 274 g/mol. The monoisotopic (exact) mass is 273 g/mol. The minimum absolute atomic E-state index is 0.298. The van der Waals surface area contributed by atoms with Gasteiger partial charge in [-0.15, -0.1) is 0 Å². The zero-order chi connectivity index (χ0) is 11.4. The molecule has 0 aliphatic rings. The van der Waals surface area contributed by atoms with Gasteiger partial charge in [0.1, 0.15) is 5.75 Å². The number of phenolic OH excluding ortho intramolecular Hbond substituents is 1. The molecule has 0 heterocycles. The van der Waals surface area contributed by atoms with Gasteiger partial charge in [0, 0.05) is 16.6 Å². The van der Waals surface area contributed by atoms with E-state index in [-0.39, 0.29) is 0 Å². The van der Waals surface area contributed by atoms with Crippen molar-refractivity contribution in [2.75, 3.05) is 7.11 Å². The molecule has 1 rings (SSSR count). The van der Waals surface area contributed by atoms with Gasteiger partial charge in [0.05, 0.1) is 7.11 Å². The van der Waals surface area contributed by atoms with Gasteiger partial charge in [-0.05, 0) is 23.6 Å². The summed E-state index contributed by atoms with van der Waals surface area (Å²) in [6.07, 6.45) is 0. The Balaban J connectivity index is 2.97. The van der Waals surface area contributed by atoms with Gasteiger partial charge in [0.15, 0.2) is 0 Å². The van der Waals surface area contributed by atoms with E-state index in [1.807, 2.05) is 6.07 Å². The van der Waals surface area contributed by atoms with Crippen molar-refractivity contribution in [2.24, 2.45) is 0 Å². The van der Waals surface area contributed by atoms with E-state index in [0.29, 0.717) is 18.2 Å². The maximum Gasteiger partial charge on any atom is 0.120 e. The molecular weight excluding hydrogens is 258 g/mol. The van der Waals surface area contributed by atoms with Crippen molar-refractivity contribution < 1.29 is 9.94 Å². The molecule has 0 unspecified atom stereocenters. The summed E-state index contributed by atoms with van der Waals surface area (Å²) in [5.41, 5.74) is 4.62. The molecule has 15 heavy (non-hydrogen) atoms. The number of hydroxylamine groups is 1. The molecule has 0 radical (unpaired) electrons. The van der Waals surface area contributed by atoms with Crippen molar-refractivity contribution in [1.82, 2.24) is 5.48 Å². The number of hydrogen-bond donors (Lipinski definition) is 2. The fourth-order valence-corrected chi connectivity index (χ4v) is 2.20. The van der Waals surface area contributed by atoms with Crippen LogP contribution < -0.4 is 5.48 Å². The molecule has 0 amide bonds. The number of phenols is 1. The van der Waals surface area contributed by atoms with Crippen LogP contribution in [0, 0.1) is 0 Å². The molecule has 0 fully saturated rings. The summed E-state index contributed by atoms with van der Waals surface area (Å²) < 4.78 is 1.02. The standard InChI is InChI=1S/C11H16BrNO2/c1-7(2)9-5-11(14)8(4-10(9)12)6-13-15-3/h4-5,7,13-14H,6H2,1-3H3. The lowest BCUT2D eigenvalue weighted by Crippen LogP contribution is -2.11. The Morgan fingerprint density at radius 2 is 2.13 bits per heavy atom. The molecule has 0 aliphatic carbocycles. The summed E-state index contributed by atoms with van der Waals surface area (Å²) in [4.78, 5) is 4.74. The maximum atomic E-state index is 9.77. The fraction of sp³-hybridized carbons (Fsp3) is 0.455. The SMILES string of the molecule is CONCc1cc(Br)c(C(C)C)cc1O. The van der Waals surface area contributed by atoms with Crippen LogP contribution in [0.4, 0.5) is 0 Å². The second-order valence-electron chi connectivity index (χ2n) is 3.68. The molecule has 0 aliphatic heterocycles.